The van der Waals surface area contributed by atoms with E-state index in [1.165, 1.54) is 5.56 Å². The number of aliphatic imine (C=N–C) groups is 1. The lowest BCUT2D eigenvalue weighted by Crippen LogP contribution is -2.01. The van der Waals surface area contributed by atoms with E-state index in [1.807, 2.05) is 19.3 Å². The van der Waals surface area contributed by atoms with Crippen LogP contribution in [0, 0.1) is 6.92 Å². The molecule has 1 rings (SSSR count). The minimum Gasteiger partial charge on any atom is -0.397 e. The average molecular weight is 205 g/mol. The van der Waals surface area contributed by atoms with Crippen LogP contribution in [0.3, 0.4) is 0 Å². The molecule has 0 aliphatic heterocycles. The number of anilines is 2. The number of rotatable bonds is 4. The van der Waals surface area contributed by atoms with E-state index in [2.05, 4.69) is 30.2 Å². The molecule has 0 saturated carbocycles. The van der Waals surface area contributed by atoms with Crippen molar-refractivity contribution in [3.8, 4) is 0 Å². The van der Waals surface area contributed by atoms with Crippen molar-refractivity contribution in [2.24, 2.45) is 4.99 Å². The quantitative estimate of drug-likeness (QED) is 0.586. The Hall–Kier alpha value is -1.51. The summed E-state index contributed by atoms with van der Waals surface area (Å²) < 4.78 is 0. The van der Waals surface area contributed by atoms with Crippen molar-refractivity contribution < 1.29 is 0 Å². The molecule has 0 aliphatic carbocycles. The van der Waals surface area contributed by atoms with Gasteiger partial charge in [-0.3, -0.25) is 4.99 Å². The lowest BCUT2D eigenvalue weighted by Gasteiger charge is -2.09. The van der Waals surface area contributed by atoms with Crippen molar-refractivity contribution in [3.63, 3.8) is 0 Å². The highest BCUT2D eigenvalue weighted by molar-refractivity contribution is 5.92. The second-order valence-corrected chi connectivity index (χ2v) is 3.60. The van der Waals surface area contributed by atoms with Crippen LogP contribution in [-0.4, -0.2) is 19.8 Å². The Kier molecular flexibility index (Phi) is 4.16. The van der Waals surface area contributed by atoms with E-state index in [0.717, 1.165) is 29.9 Å². The Balaban J connectivity index is 3.01. The molecule has 0 heterocycles. The third-order valence-electron chi connectivity index (χ3n) is 2.21. The molecule has 3 N–H and O–H groups in total. The highest BCUT2D eigenvalue weighted by atomic mass is 14.9. The van der Waals surface area contributed by atoms with Gasteiger partial charge in [-0.15, -0.1) is 0 Å². The number of nitrogens with zero attached hydrogens (tertiary/aromatic N) is 1. The molecule has 3 nitrogen and oxygen atoms in total. The van der Waals surface area contributed by atoms with E-state index in [4.69, 9.17) is 5.73 Å². The molecule has 3 heteroatoms. The fourth-order valence-corrected chi connectivity index (χ4v) is 1.43. The zero-order chi connectivity index (χ0) is 11.3. The SMILES string of the molecule is CCCN=Cc1cc(C)cc(NC)c1N. The van der Waals surface area contributed by atoms with Crippen molar-refractivity contribution in [3.05, 3.63) is 23.3 Å². The van der Waals surface area contributed by atoms with Crippen LogP contribution in [0.25, 0.3) is 0 Å². The maximum Gasteiger partial charge on any atom is 0.0638 e. The minimum atomic E-state index is 0.767. The molecule has 0 fully saturated rings. The Morgan fingerprint density at radius 3 is 2.80 bits per heavy atom. The number of benzene rings is 1. The third kappa shape index (κ3) is 2.98. The van der Waals surface area contributed by atoms with Crippen LogP contribution in [0.1, 0.15) is 24.5 Å². The number of hydrogen-bond acceptors (Lipinski definition) is 3. The second kappa shape index (κ2) is 5.39. The number of nitrogen functional groups attached to an aromatic ring is 1. The van der Waals surface area contributed by atoms with E-state index < -0.39 is 0 Å². The van der Waals surface area contributed by atoms with E-state index in [-0.39, 0.29) is 0 Å². The normalized spacial score (nSPS) is 10.9. The molecule has 0 atom stereocenters. The molecule has 0 aliphatic rings. The van der Waals surface area contributed by atoms with Crippen LogP contribution in [0.2, 0.25) is 0 Å². The summed E-state index contributed by atoms with van der Waals surface area (Å²) in [4.78, 5) is 4.30. The van der Waals surface area contributed by atoms with E-state index in [9.17, 15) is 0 Å². The summed E-state index contributed by atoms with van der Waals surface area (Å²) >= 11 is 0. The summed E-state index contributed by atoms with van der Waals surface area (Å²) in [5, 5.41) is 3.08. The standard InChI is InChI=1S/C12H19N3/c1-4-5-15-8-10-6-9(2)7-11(14-3)12(10)13/h6-8,14H,4-5,13H2,1-3H3. The first-order valence-electron chi connectivity index (χ1n) is 5.26. The smallest absolute Gasteiger partial charge is 0.0638 e. The molecule has 15 heavy (non-hydrogen) atoms. The van der Waals surface area contributed by atoms with E-state index >= 15 is 0 Å². The fourth-order valence-electron chi connectivity index (χ4n) is 1.43. The van der Waals surface area contributed by atoms with Gasteiger partial charge in [-0.05, 0) is 31.0 Å². The zero-order valence-corrected chi connectivity index (χ0v) is 9.67. The summed E-state index contributed by atoms with van der Waals surface area (Å²) in [7, 11) is 1.87. The second-order valence-electron chi connectivity index (χ2n) is 3.60. The summed E-state index contributed by atoms with van der Waals surface area (Å²) in [6, 6.07) is 4.09. The summed E-state index contributed by atoms with van der Waals surface area (Å²) in [6.45, 7) is 5.01. The molecule has 0 unspecified atom stereocenters. The maximum atomic E-state index is 5.99. The number of aryl methyl sites for hydroxylation is 1. The van der Waals surface area contributed by atoms with E-state index in [1.54, 1.807) is 0 Å². The van der Waals surface area contributed by atoms with Gasteiger partial charge in [0.25, 0.3) is 0 Å². The lowest BCUT2D eigenvalue weighted by atomic mass is 10.1. The van der Waals surface area contributed by atoms with Crippen molar-refractivity contribution in [2.75, 3.05) is 24.6 Å². The van der Waals surface area contributed by atoms with Gasteiger partial charge in [0.2, 0.25) is 0 Å². The lowest BCUT2D eigenvalue weighted by molar-refractivity contribution is 0.937. The summed E-state index contributed by atoms with van der Waals surface area (Å²) in [5.41, 5.74) is 9.90. The van der Waals surface area contributed by atoms with Crippen LogP contribution >= 0.6 is 0 Å². The Morgan fingerprint density at radius 2 is 2.20 bits per heavy atom. The van der Waals surface area contributed by atoms with Crippen molar-refractivity contribution in [2.45, 2.75) is 20.3 Å². The van der Waals surface area contributed by atoms with Crippen LogP contribution in [-0.2, 0) is 0 Å². The molecular formula is C12H19N3. The molecule has 1 aromatic rings. The van der Waals surface area contributed by atoms with Crippen LogP contribution in [0.5, 0.6) is 0 Å². The van der Waals surface area contributed by atoms with Gasteiger partial charge >= 0.3 is 0 Å². The topological polar surface area (TPSA) is 50.4 Å². The Bertz CT molecular complexity index is 356. The predicted octanol–water partition coefficient (Wildman–Crippen LogP) is 2.45. The van der Waals surface area contributed by atoms with Crippen molar-refractivity contribution in [1.82, 2.24) is 0 Å². The largest absolute Gasteiger partial charge is 0.397 e. The number of nitrogens with one attached hydrogen (secondary N) is 1. The van der Waals surface area contributed by atoms with Gasteiger partial charge in [0.15, 0.2) is 0 Å². The molecule has 0 aromatic heterocycles. The fraction of sp³-hybridized carbons (Fsp3) is 0.417. The van der Waals surface area contributed by atoms with Crippen LogP contribution in [0.4, 0.5) is 11.4 Å². The van der Waals surface area contributed by atoms with Crippen molar-refractivity contribution >= 4 is 17.6 Å². The molecule has 1 aromatic carbocycles. The van der Waals surface area contributed by atoms with Gasteiger partial charge in [0, 0.05) is 25.4 Å². The number of nitrogens with two attached hydrogens (primary N) is 1. The molecule has 0 bridgehead atoms. The predicted molar refractivity (Wildman–Crippen MR) is 67.9 cm³/mol. The molecule has 0 saturated heterocycles. The first-order valence-corrected chi connectivity index (χ1v) is 5.26. The Morgan fingerprint density at radius 1 is 1.47 bits per heavy atom. The minimum absolute atomic E-state index is 0.767. The van der Waals surface area contributed by atoms with Gasteiger partial charge in [0.05, 0.1) is 11.4 Å². The first-order chi connectivity index (χ1) is 7.19. The van der Waals surface area contributed by atoms with Crippen molar-refractivity contribution in [1.29, 1.82) is 0 Å². The average Bonchev–Trinajstić information content (AvgIpc) is 2.23. The monoisotopic (exact) mass is 205 g/mol. The van der Waals surface area contributed by atoms with Gasteiger partial charge < -0.3 is 11.1 Å². The van der Waals surface area contributed by atoms with E-state index in [0.29, 0.717) is 0 Å². The maximum absolute atomic E-state index is 5.99. The molecule has 0 amide bonds. The molecule has 82 valence electrons. The van der Waals surface area contributed by atoms with Gasteiger partial charge in [0.1, 0.15) is 0 Å². The highest BCUT2D eigenvalue weighted by Crippen LogP contribution is 2.23. The van der Waals surface area contributed by atoms with Gasteiger partial charge in [-0.25, -0.2) is 0 Å². The molecule has 0 spiro atoms. The van der Waals surface area contributed by atoms with Gasteiger partial charge in [-0.1, -0.05) is 6.92 Å². The summed E-state index contributed by atoms with van der Waals surface area (Å²) in [6.07, 6.45) is 2.91. The first kappa shape index (κ1) is 11.6. The highest BCUT2D eigenvalue weighted by Gasteiger charge is 2.02. The molecule has 0 radical (unpaired) electrons. The van der Waals surface area contributed by atoms with Crippen LogP contribution < -0.4 is 11.1 Å². The van der Waals surface area contributed by atoms with Gasteiger partial charge in [-0.2, -0.15) is 0 Å². The zero-order valence-electron chi connectivity index (χ0n) is 9.67. The van der Waals surface area contributed by atoms with Crippen LogP contribution in [0.15, 0.2) is 17.1 Å². The Labute approximate surface area is 91.4 Å². The summed E-state index contributed by atoms with van der Waals surface area (Å²) in [5.74, 6) is 0. The number of hydrogen-bond donors (Lipinski definition) is 2. The molecular weight excluding hydrogens is 186 g/mol. The third-order valence-corrected chi connectivity index (χ3v) is 2.21.